The lowest BCUT2D eigenvalue weighted by molar-refractivity contribution is 0.767. The molecular formula is C11H9IN4. The minimum atomic E-state index is 0.834. The van der Waals surface area contributed by atoms with E-state index in [1.807, 2.05) is 26.4 Å². The van der Waals surface area contributed by atoms with Gasteiger partial charge in [0, 0.05) is 28.0 Å². The molecule has 16 heavy (non-hydrogen) atoms. The first-order valence-electron chi connectivity index (χ1n) is 4.90. The maximum absolute atomic E-state index is 4.51. The van der Waals surface area contributed by atoms with Gasteiger partial charge in [0.05, 0.1) is 17.6 Å². The van der Waals surface area contributed by atoms with Gasteiger partial charge in [-0.3, -0.25) is 4.68 Å². The van der Waals surface area contributed by atoms with E-state index < -0.39 is 0 Å². The molecule has 3 heterocycles. The molecule has 0 saturated carbocycles. The van der Waals surface area contributed by atoms with Gasteiger partial charge in [-0.05, 0) is 35.6 Å². The SMILES string of the molecule is CC1=C(I)C2=CC(c3cnn(C)c3)=NC2=N1. The molecule has 0 amide bonds. The summed E-state index contributed by atoms with van der Waals surface area (Å²) in [5.74, 6) is 0.834. The van der Waals surface area contributed by atoms with Gasteiger partial charge >= 0.3 is 0 Å². The maximum atomic E-state index is 4.51. The normalized spacial score (nSPS) is 18.6. The number of nitrogens with zero attached hydrogens (tertiary/aromatic N) is 4. The molecule has 0 bridgehead atoms. The predicted molar refractivity (Wildman–Crippen MR) is 72.0 cm³/mol. The van der Waals surface area contributed by atoms with Crippen LogP contribution < -0.4 is 0 Å². The first-order valence-corrected chi connectivity index (χ1v) is 5.98. The van der Waals surface area contributed by atoms with E-state index in [-0.39, 0.29) is 0 Å². The highest BCUT2D eigenvalue weighted by Crippen LogP contribution is 2.34. The lowest BCUT2D eigenvalue weighted by Crippen LogP contribution is -1.92. The van der Waals surface area contributed by atoms with E-state index in [2.05, 4.69) is 43.8 Å². The molecule has 0 fully saturated rings. The average molecular weight is 324 g/mol. The highest BCUT2D eigenvalue weighted by atomic mass is 127. The fourth-order valence-corrected chi connectivity index (χ4v) is 2.28. The van der Waals surface area contributed by atoms with E-state index in [1.165, 1.54) is 3.58 Å². The molecule has 5 heteroatoms. The third-order valence-corrected chi connectivity index (χ3v) is 3.94. The van der Waals surface area contributed by atoms with Crippen molar-refractivity contribution >= 4 is 34.1 Å². The largest absolute Gasteiger partial charge is 0.275 e. The van der Waals surface area contributed by atoms with Gasteiger partial charge in [-0.2, -0.15) is 5.10 Å². The molecule has 1 aromatic rings. The first-order chi connectivity index (χ1) is 7.65. The number of fused-ring (bicyclic) bond motifs is 1. The van der Waals surface area contributed by atoms with Crippen molar-refractivity contribution in [2.24, 2.45) is 17.0 Å². The minimum Gasteiger partial charge on any atom is -0.275 e. The van der Waals surface area contributed by atoms with E-state index in [0.717, 1.165) is 28.4 Å². The number of allylic oxidation sites excluding steroid dienone is 2. The summed E-state index contributed by atoms with van der Waals surface area (Å²) < 4.78 is 2.97. The summed E-state index contributed by atoms with van der Waals surface area (Å²) in [6.45, 7) is 2.01. The van der Waals surface area contributed by atoms with Gasteiger partial charge in [0.1, 0.15) is 0 Å². The fraction of sp³-hybridized carbons (Fsp3) is 0.182. The van der Waals surface area contributed by atoms with Crippen molar-refractivity contribution in [3.8, 4) is 0 Å². The Bertz CT molecular complexity index is 601. The van der Waals surface area contributed by atoms with Crippen LogP contribution in [0.2, 0.25) is 0 Å². The molecule has 0 aliphatic carbocycles. The Kier molecular flexibility index (Phi) is 2.10. The van der Waals surface area contributed by atoms with Crippen LogP contribution in [0.1, 0.15) is 12.5 Å². The van der Waals surface area contributed by atoms with Crippen LogP contribution in [0.15, 0.2) is 43.3 Å². The molecule has 2 aliphatic heterocycles. The molecule has 0 radical (unpaired) electrons. The number of rotatable bonds is 1. The van der Waals surface area contributed by atoms with Crippen molar-refractivity contribution in [3.63, 3.8) is 0 Å². The van der Waals surface area contributed by atoms with Gasteiger partial charge in [0.15, 0.2) is 5.84 Å². The summed E-state index contributed by atoms with van der Waals surface area (Å²) in [7, 11) is 1.90. The Hall–Kier alpha value is -1.24. The summed E-state index contributed by atoms with van der Waals surface area (Å²) in [4.78, 5) is 8.93. The molecule has 2 aliphatic rings. The summed E-state index contributed by atoms with van der Waals surface area (Å²) in [5.41, 5.74) is 4.17. The quantitative estimate of drug-likeness (QED) is 0.731. The molecule has 0 unspecified atom stereocenters. The lowest BCUT2D eigenvalue weighted by atomic mass is 10.2. The monoisotopic (exact) mass is 324 g/mol. The van der Waals surface area contributed by atoms with Crippen LogP contribution in [0.3, 0.4) is 0 Å². The zero-order valence-electron chi connectivity index (χ0n) is 8.90. The topological polar surface area (TPSA) is 42.5 Å². The zero-order chi connectivity index (χ0) is 11.3. The van der Waals surface area contributed by atoms with Crippen LogP contribution in [-0.4, -0.2) is 21.3 Å². The molecule has 0 N–H and O–H groups in total. The maximum Gasteiger partial charge on any atom is 0.161 e. The van der Waals surface area contributed by atoms with Crippen molar-refractivity contribution in [1.82, 2.24) is 9.78 Å². The van der Waals surface area contributed by atoms with E-state index in [9.17, 15) is 0 Å². The van der Waals surface area contributed by atoms with E-state index in [1.54, 1.807) is 4.68 Å². The Morgan fingerprint density at radius 3 is 2.75 bits per heavy atom. The smallest absolute Gasteiger partial charge is 0.161 e. The molecule has 4 nitrogen and oxygen atoms in total. The van der Waals surface area contributed by atoms with Gasteiger partial charge in [-0.15, -0.1) is 0 Å². The molecule has 0 saturated heterocycles. The average Bonchev–Trinajstić information content (AvgIpc) is 2.87. The van der Waals surface area contributed by atoms with E-state index in [0.29, 0.717) is 0 Å². The number of aliphatic imine (C=N–C) groups is 2. The molecular weight excluding hydrogens is 315 g/mol. The molecule has 1 aromatic heterocycles. The number of aryl methyl sites for hydroxylation is 1. The zero-order valence-corrected chi connectivity index (χ0v) is 11.1. The third-order valence-electron chi connectivity index (χ3n) is 2.58. The van der Waals surface area contributed by atoms with Crippen LogP contribution in [0.25, 0.3) is 0 Å². The Labute approximate surface area is 107 Å². The second-order valence-electron chi connectivity index (χ2n) is 3.79. The predicted octanol–water partition coefficient (Wildman–Crippen LogP) is 2.23. The second-order valence-corrected chi connectivity index (χ2v) is 4.87. The van der Waals surface area contributed by atoms with Crippen LogP contribution in [0, 0.1) is 0 Å². The van der Waals surface area contributed by atoms with Crippen LogP contribution in [-0.2, 0) is 7.05 Å². The van der Waals surface area contributed by atoms with Crippen molar-refractivity contribution in [2.75, 3.05) is 0 Å². The summed E-state index contributed by atoms with van der Waals surface area (Å²) >= 11 is 2.31. The Morgan fingerprint density at radius 2 is 2.12 bits per heavy atom. The Balaban J connectivity index is 2.03. The number of amidine groups is 1. The van der Waals surface area contributed by atoms with E-state index in [4.69, 9.17) is 0 Å². The highest BCUT2D eigenvalue weighted by molar-refractivity contribution is 14.1. The highest BCUT2D eigenvalue weighted by Gasteiger charge is 2.25. The van der Waals surface area contributed by atoms with Gasteiger partial charge in [0.2, 0.25) is 0 Å². The number of hydrogen-bond acceptors (Lipinski definition) is 3. The Morgan fingerprint density at radius 1 is 1.31 bits per heavy atom. The van der Waals surface area contributed by atoms with Crippen LogP contribution in [0.5, 0.6) is 0 Å². The molecule has 0 spiro atoms. The molecule has 80 valence electrons. The molecule has 0 aromatic carbocycles. The van der Waals surface area contributed by atoms with Crippen molar-refractivity contribution in [3.05, 3.63) is 38.9 Å². The van der Waals surface area contributed by atoms with Crippen molar-refractivity contribution in [1.29, 1.82) is 0 Å². The number of halogens is 1. The fourth-order valence-electron chi connectivity index (χ4n) is 1.76. The van der Waals surface area contributed by atoms with Gasteiger partial charge in [-0.25, -0.2) is 9.98 Å². The minimum absolute atomic E-state index is 0.834. The number of hydrogen-bond donors (Lipinski definition) is 0. The van der Waals surface area contributed by atoms with Gasteiger partial charge < -0.3 is 0 Å². The summed E-state index contributed by atoms with van der Waals surface area (Å²) in [6.07, 6.45) is 5.86. The second kappa shape index (κ2) is 3.38. The van der Waals surface area contributed by atoms with Crippen LogP contribution >= 0.6 is 22.6 Å². The van der Waals surface area contributed by atoms with Gasteiger partial charge in [-0.1, -0.05) is 0 Å². The molecule has 0 atom stereocenters. The van der Waals surface area contributed by atoms with Crippen molar-refractivity contribution < 1.29 is 0 Å². The number of aromatic nitrogens is 2. The third kappa shape index (κ3) is 1.38. The lowest BCUT2D eigenvalue weighted by Gasteiger charge is -1.92. The standard InChI is InChI=1S/C11H9IN4/c1-6-10(12)8-3-9(15-11(8)14-6)7-4-13-16(2)5-7/h3-5H,1-2H3. The van der Waals surface area contributed by atoms with Crippen LogP contribution in [0.4, 0.5) is 0 Å². The summed E-state index contributed by atoms with van der Waals surface area (Å²) in [6, 6.07) is 0. The van der Waals surface area contributed by atoms with Crippen molar-refractivity contribution in [2.45, 2.75) is 6.92 Å². The molecule has 3 rings (SSSR count). The summed E-state index contributed by atoms with van der Waals surface area (Å²) in [5, 5.41) is 4.14. The first kappa shape index (κ1) is 9.95. The van der Waals surface area contributed by atoms with Gasteiger partial charge in [0.25, 0.3) is 0 Å². The van der Waals surface area contributed by atoms with E-state index >= 15 is 0 Å².